The van der Waals surface area contributed by atoms with Gasteiger partial charge in [-0.2, -0.15) is 0 Å². The number of rotatable bonds is 25. The molecule has 0 bridgehead atoms. The molecule has 0 aliphatic carbocycles. The fraction of sp³-hybridized carbons (Fsp3) is 0.329. The third-order valence-corrected chi connectivity index (χ3v) is 25.2. The van der Waals surface area contributed by atoms with E-state index in [4.69, 9.17) is 46.4 Å². The van der Waals surface area contributed by atoms with Crippen LogP contribution >= 0.6 is 0 Å². The molecule has 0 N–H and O–H groups in total. The number of aryl methyl sites for hydroxylation is 2. The Morgan fingerprint density at radius 3 is 0.935 bits per heavy atom. The quantitative estimate of drug-likeness (QED) is 0.0304. The van der Waals surface area contributed by atoms with E-state index in [9.17, 15) is 14.4 Å². The molecule has 0 atom stereocenters. The Morgan fingerprint density at radius 2 is 0.641 bits per heavy atom. The lowest BCUT2D eigenvalue weighted by Gasteiger charge is -2.32. The van der Waals surface area contributed by atoms with Gasteiger partial charge in [-0.3, -0.25) is 0 Å². The Bertz CT molecular complexity index is 3670. The van der Waals surface area contributed by atoms with E-state index in [2.05, 4.69) is 112 Å². The number of carbonyl (C=O) groups excluding carboxylic acids is 3. The van der Waals surface area contributed by atoms with Crippen LogP contribution in [0.3, 0.4) is 0 Å². The smallest absolute Gasteiger partial charge is 0.493 e. The maximum absolute atomic E-state index is 12.7. The first-order chi connectivity index (χ1) is 43.5. The van der Waals surface area contributed by atoms with Crippen molar-refractivity contribution in [3.8, 4) is 46.0 Å². The summed E-state index contributed by atoms with van der Waals surface area (Å²) in [4.78, 5) is 37.8. The van der Waals surface area contributed by atoms with Crippen LogP contribution in [0, 0.1) is 0 Å². The van der Waals surface area contributed by atoms with Crippen LogP contribution in [0.15, 0.2) is 194 Å². The monoisotopic (exact) mass is 1300 g/mol. The van der Waals surface area contributed by atoms with Crippen LogP contribution in [0.5, 0.6) is 46.0 Å². The van der Waals surface area contributed by atoms with Crippen LogP contribution in [-0.4, -0.2) is 64.7 Å². The number of benzene rings is 8. The second-order valence-electron chi connectivity index (χ2n) is 26.8. The van der Waals surface area contributed by atoms with Crippen molar-refractivity contribution in [2.45, 2.75) is 141 Å². The molecular formula is C76H92O13Si3. The maximum Gasteiger partial charge on any atom is 0.519 e. The predicted octanol–water partition coefficient (Wildman–Crippen LogP) is 19.9. The lowest BCUT2D eigenvalue weighted by Crippen LogP contribution is -2.45. The van der Waals surface area contributed by atoms with Crippen molar-refractivity contribution >= 4 is 43.4 Å². The minimum atomic E-state index is -2.05. The molecule has 0 heterocycles. The van der Waals surface area contributed by atoms with E-state index in [0.29, 0.717) is 46.0 Å². The number of hydrogen-bond donors (Lipinski definition) is 0. The zero-order chi connectivity index (χ0) is 66.9. The highest BCUT2D eigenvalue weighted by Crippen LogP contribution is 2.38. The van der Waals surface area contributed by atoms with E-state index in [-0.39, 0.29) is 10.8 Å². The van der Waals surface area contributed by atoms with Crippen molar-refractivity contribution in [2.24, 2.45) is 0 Å². The lowest BCUT2D eigenvalue weighted by molar-refractivity contribution is 0.149. The van der Waals surface area contributed by atoms with E-state index < -0.39 is 48.8 Å². The fourth-order valence-corrected chi connectivity index (χ4v) is 19.1. The van der Waals surface area contributed by atoms with Crippen LogP contribution in [0.1, 0.15) is 98.9 Å². The SMILES string of the molecule is COc1cc(CCC[Si](C)(C)C)ccc1OC(=O)Oc1ccc(C(C)(C)c2ccc(OC(=O)Oc3ccc(C(C)(C)c4ccccc4)cc3)cc2)cc1.COc1cc(CCC[Si](C)(C)O[Si](C)(C)OC)ccc1OC(=O)Oc1ccc(C(C)(C)c2ccccc2)cc1. The largest absolute Gasteiger partial charge is 0.519 e. The molecule has 0 fully saturated rings. The molecule has 8 aromatic carbocycles. The van der Waals surface area contributed by atoms with E-state index in [1.54, 1.807) is 82.0 Å². The molecule has 0 radical (unpaired) electrons. The summed E-state index contributed by atoms with van der Waals surface area (Å²) in [5.74, 6) is 3.15. The van der Waals surface area contributed by atoms with Gasteiger partial charge in [-0.25, -0.2) is 14.4 Å². The molecule has 0 amide bonds. The first kappa shape index (κ1) is 71.2. The van der Waals surface area contributed by atoms with Gasteiger partial charge in [0.15, 0.2) is 31.3 Å². The van der Waals surface area contributed by atoms with Gasteiger partial charge in [0.1, 0.15) is 23.0 Å². The molecule has 486 valence electrons. The van der Waals surface area contributed by atoms with E-state index in [1.165, 1.54) is 17.2 Å². The zero-order valence-electron chi connectivity index (χ0n) is 56.5. The first-order valence-corrected chi connectivity index (χ1v) is 40.9. The highest BCUT2D eigenvalue weighted by atomic mass is 28.4. The lowest BCUT2D eigenvalue weighted by atomic mass is 9.78. The molecule has 92 heavy (non-hydrogen) atoms. The van der Waals surface area contributed by atoms with Gasteiger partial charge in [-0.15, -0.1) is 0 Å². The third kappa shape index (κ3) is 20.6. The second-order valence-corrected chi connectivity index (χ2v) is 40.4. The van der Waals surface area contributed by atoms with Crippen molar-refractivity contribution in [2.75, 3.05) is 21.3 Å². The van der Waals surface area contributed by atoms with E-state index in [0.717, 1.165) is 65.1 Å². The molecule has 0 saturated carbocycles. The zero-order valence-corrected chi connectivity index (χ0v) is 59.5. The Labute approximate surface area is 548 Å². The summed E-state index contributed by atoms with van der Waals surface area (Å²) in [5.41, 5.74) is 8.10. The van der Waals surface area contributed by atoms with Gasteiger partial charge in [-0.05, 0) is 169 Å². The van der Waals surface area contributed by atoms with Crippen LogP contribution in [0.4, 0.5) is 14.4 Å². The van der Waals surface area contributed by atoms with Crippen molar-refractivity contribution in [3.05, 3.63) is 239 Å². The number of methoxy groups -OCH3 is 2. The fourth-order valence-electron chi connectivity index (χ4n) is 10.8. The Balaban J connectivity index is 0.000000274. The van der Waals surface area contributed by atoms with Gasteiger partial charge < -0.3 is 46.4 Å². The van der Waals surface area contributed by atoms with Crippen molar-refractivity contribution in [1.82, 2.24) is 0 Å². The summed E-state index contributed by atoms with van der Waals surface area (Å²) in [6.07, 6.45) is 1.47. The Kier molecular flexibility index (Phi) is 24.3. The summed E-state index contributed by atoms with van der Waals surface area (Å²) in [6.45, 7) is 28.6. The van der Waals surface area contributed by atoms with Crippen LogP contribution in [0.25, 0.3) is 0 Å². The summed E-state index contributed by atoms with van der Waals surface area (Å²) in [7, 11) is -0.121. The summed E-state index contributed by atoms with van der Waals surface area (Å²) in [5, 5.41) is 0. The van der Waals surface area contributed by atoms with E-state index in [1.807, 2.05) is 109 Å². The maximum atomic E-state index is 12.7. The Hall–Kier alpha value is -8.26. The summed E-state index contributed by atoms with van der Waals surface area (Å²) in [6, 6.07) is 63.7. The molecule has 0 aromatic heterocycles. The van der Waals surface area contributed by atoms with Crippen LogP contribution in [-0.2, 0) is 37.6 Å². The van der Waals surface area contributed by atoms with Gasteiger partial charge in [0.05, 0.1) is 14.2 Å². The summed E-state index contributed by atoms with van der Waals surface area (Å²) < 4.78 is 55.8. The average Bonchev–Trinajstić information content (AvgIpc) is 0.879. The van der Waals surface area contributed by atoms with E-state index >= 15 is 0 Å². The van der Waals surface area contributed by atoms with Gasteiger partial charge in [0.25, 0.3) is 0 Å². The molecule has 0 saturated heterocycles. The standard InChI is InChI=1S/C45H50O7Si.C31H42O6Si2/c1-44(2,33-14-10-9-11-15-33)34-17-23-37(24-18-34)49-42(46)50-38-25-19-35(20-26-38)45(3,4)36-21-27-39(28-22-36)51-43(47)52-40-29-16-32(31-41(40)48-5)13-12-30-53(6,7)8;1-31(2,25-14-10-9-11-15-25)26-17-19-27(20-18-26)35-30(32)36-28-21-16-24(23-29(28)33-3)13-12-22-38(5,6)37-39(7,8)34-4/h9-11,14-29,31H,12-13,30H2,1-8H3;9-11,14-21,23H,12-13,22H2,1-8H3. The Morgan fingerprint density at radius 1 is 0.348 bits per heavy atom. The van der Waals surface area contributed by atoms with Crippen molar-refractivity contribution < 1.29 is 60.8 Å². The summed E-state index contributed by atoms with van der Waals surface area (Å²) >= 11 is 0. The molecule has 16 heteroatoms. The minimum Gasteiger partial charge on any atom is -0.493 e. The first-order valence-electron chi connectivity index (χ1n) is 31.3. The highest BCUT2D eigenvalue weighted by Gasteiger charge is 2.34. The third-order valence-electron chi connectivity index (χ3n) is 16.6. The molecule has 0 aliphatic heterocycles. The van der Waals surface area contributed by atoms with Crippen molar-refractivity contribution in [3.63, 3.8) is 0 Å². The molecule has 8 rings (SSSR count). The van der Waals surface area contributed by atoms with Gasteiger partial charge >= 0.3 is 27.0 Å². The second kappa shape index (κ2) is 31.4. The van der Waals surface area contributed by atoms with Crippen molar-refractivity contribution in [1.29, 1.82) is 0 Å². The average molecular weight is 1300 g/mol. The number of ether oxygens (including phenoxy) is 8. The van der Waals surface area contributed by atoms with Gasteiger partial charge in [0.2, 0.25) is 0 Å². The molecule has 0 unspecified atom stereocenters. The minimum absolute atomic E-state index is 0.178. The molecule has 0 aliphatic rings. The molecule has 0 spiro atoms. The number of hydrogen-bond acceptors (Lipinski definition) is 13. The van der Waals surface area contributed by atoms with Gasteiger partial charge in [0, 0.05) is 31.4 Å². The normalized spacial score (nSPS) is 12.0. The van der Waals surface area contributed by atoms with Crippen LogP contribution < -0.4 is 37.9 Å². The number of carbonyl (C=O) groups is 3. The predicted molar refractivity (Wildman–Crippen MR) is 374 cm³/mol. The molecule has 13 nitrogen and oxygen atoms in total. The molecule has 8 aromatic rings. The molecular weight excluding hydrogens is 1210 g/mol. The van der Waals surface area contributed by atoms with Gasteiger partial charge in [-0.1, -0.05) is 195 Å². The highest BCUT2D eigenvalue weighted by molar-refractivity contribution is 6.82. The van der Waals surface area contributed by atoms with Crippen LogP contribution in [0.2, 0.25) is 57.9 Å². The topological polar surface area (TPSA) is 144 Å².